The van der Waals surface area contributed by atoms with Crippen molar-refractivity contribution in [1.82, 2.24) is 0 Å². The number of hydrogen-bond donors (Lipinski definition) is 0. The third-order valence-corrected chi connectivity index (χ3v) is 1.30. The Labute approximate surface area is 64.6 Å². The lowest BCUT2D eigenvalue weighted by molar-refractivity contribution is 0.139. The molecular formula is C7H3F5. The summed E-state index contributed by atoms with van der Waals surface area (Å²) in [5.74, 6) is -4.75. The van der Waals surface area contributed by atoms with Crippen LogP contribution in [-0.4, -0.2) is 0 Å². The number of benzene rings is 1. The van der Waals surface area contributed by atoms with Gasteiger partial charge < -0.3 is 0 Å². The molecule has 5 heteroatoms. The van der Waals surface area contributed by atoms with E-state index in [1.165, 1.54) is 0 Å². The molecule has 0 radical (unpaired) electrons. The topological polar surface area (TPSA) is 0 Å². The smallest absolute Gasteiger partial charge is 0.206 e. The van der Waals surface area contributed by atoms with E-state index >= 15 is 0 Å². The molecule has 0 aliphatic heterocycles. The third-order valence-electron chi connectivity index (χ3n) is 1.30. The Morgan fingerprint density at radius 1 is 0.917 bits per heavy atom. The maximum absolute atomic E-state index is 12.4. The Morgan fingerprint density at radius 3 is 1.83 bits per heavy atom. The quantitative estimate of drug-likeness (QED) is 0.462. The Kier molecular flexibility index (Phi) is 2.30. The fourth-order valence-corrected chi connectivity index (χ4v) is 0.743. The van der Waals surface area contributed by atoms with Crippen molar-refractivity contribution in [3.63, 3.8) is 0 Å². The van der Waals surface area contributed by atoms with Gasteiger partial charge in [-0.2, -0.15) is 0 Å². The molecule has 0 atom stereocenters. The molecule has 66 valence electrons. The highest BCUT2D eigenvalue weighted by Gasteiger charge is 2.21. The lowest BCUT2D eigenvalue weighted by Crippen LogP contribution is -1.98. The molecule has 0 saturated carbocycles. The normalized spacial score (nSPS) is 10.8. The Hall–Kier alpha value is -1.13. The molecular weight excluding hydrogens is 179 g/mol. The Bertz CT molecular complexity index is 294. The zero-order valence-corrected chi connectivity index (χ0v) is 5.62. The van der Waals surface area contributed by atoms with E-state index in [2.05, 4.69) is 0 Å². The second-order valence-corrected chi connectivity index (χ2v) is 2.06. The lowest BCUT2D eigenvalue weighted by Gasteiger charge is -2.02. The molecule has 0 bridgehead atoms. The molecule has 0 aliphatic carbocycles. The van der Waals surface area contributed by atoms with Gasteiger partial charge in [0, 0.05) is 0 Å². The van der Waals surface area contributed by atoms with Crippen LogP contribution in [-0.2, 0) is 0 Å². The van der Waals surface area contributed by atoms with Gasteiger partial charge in [0.25, 0.3) is 6.43 Å². The fraction of sp³-hybridized carbons (Fsp3) is 0.143. The summed E-state index contributed by atoms with van der Waals surface area (Å²) in [6, 6.07) is 0.913. The number of alkyl halides is 2. The van der Waals surface area contributed by atoms with Crippen molar-refractivity contribution in [2.75, 3.05) is 0 Å². The molecule has 0 saturated heterocycles. The second kappa shape index (κ2) is 3.08. The molecule has 0 aromatic heterocycles. The highest BCUT2D eigenvalue weighted by Crippen LogP contribution is 2.26. The Balaban J connectivity index is 3.33. The maximum atomic E-state index is 12.4. The average molecular weight is 182 g/mol. The van der Waals surface area contributed by atoms with Crippen LogP contribution in [0, 0.1) is 17.5 Å². The fourth-order valence-electron chi connectivity index (χ4n) is 0.743. The minimum atomic E-state index is -3.35. The molecule has 0 N–H and O–H groups in total. The van der Waals surface area contributed by atoms with Crippen molar-refractivity contribution < 1.29 is 22.0 Å². The minimum absolute atomic E-state index is 0.455. The SMILES string of the molecule is Fc1ccc(F)c(C(F)F)c1F. The highest BCUT2D eigenvalue weighted by molar-refractivity contribution is 5.21. The minimum Gasteiger partial charge on any atom is -0.206 e. The van der Waals surface area contributed by atoms with Crippen LogP contribution in [0.3, 0.4) is 0 Å². The van der Waals surface area contributed by atoms with Crippen LogP contribution < -0.4 is 0 Å². The first-order chi connectivity index (χ1) is 5.54. The van der Waals surface area contributed by atoms with Crippen LogP contribution in [0.2, 0.25) is 0 Å². The zero-order valence-electron chi connectivity index (χ0n) is 5.62. The van der Waals surface area contributed by atoms with Crippen LogP contribution in [0.25, 0.3) is 0 Å². The largest absolute Gasteiger partial charge is 0.269 e. The molecule has 12 heavy (non-hydrogen) atoms. The molecule has 0 unspecified atom stereocenters. The molecule has 0 spiro atoms. The first-order valence-corrected chi connectivity index (χ1v) is 2.95. The predicted molar refractivity (Wildman–Crippen MR) is 31.3 cm³/mol. The van der Waals surface area contributed by atoms with E-state index in [0.717, 1.165) is 0 Å². The van der Waals surface area contributed by atoms with E-state index in [0.29, 0.717) is 12.1 Å². The summed E-state index contributed by atoms with van der Waals surface area (Å²) in [5.41, 5.74) is -1.52. The van der Waals surface area contributed by atoms with Gasteiger partial charge in [0.2, 0.25) is 0 Å². The van der Waals surface area contributed by atoms with E-state index < -0.39 is 29.4 Å². The van der Waals surface area contributed by atoms with Gasteiger partial charge in [0.15, 0.2) is 11.6 Å². The molecule has 0 aliphatic rings. The monoisotopic (exact) mass is 182 g/mol. The summed E-state index contributed by atoms with van der Waals surface area (Å²) >= 11 is 0. The number of rotatable bonds is 1. The van der Waals surface area contributed by atoms with E-state index in [9.17, 15) is 22.0 Å². The van der Waals surface area contributed by atoms with Gasteiger partial charge in [0.05, 0.1) is 5.56 Å². The molecule has 1 aromatic carbocycles. The van der Waals surface area contributed by atoms with Gasteiger partial charge in [-0.05, 0) is 12.1 Å². The van der Waals surface area contributed by atoms with Crippen molar-refractivity contribution in [3.8, 4) is 0 Å². The summed E-state index contributed by atoms with van der Waals surface area (Å²) in [4.78, 5) is 0. The molecule has 0 fully saturated rings. The summed E-state index contributed by atoms with van der Waals surface area (Å²) in [6.07, 6.45) is -3.35. The van der Waals surface area contributed by atoms with Gasteiger partial charge in [-0.25, -0.2) is 22.0 Å². The first-order valence-electron chi connectivity index (χ1n) is 2.95. The zero-order chi connectivity index (χ0) is 9.30. The molecule has 0 amide bonds. The molecule has 1 aromatic rings. The first kappa shape index (κ1) is 8.96. The lowest BCUT2D eigenvalue weighted by atomic mass is 10.2. The van der Waals surface area contributed by atoms with Crippen LogP contribution in [0.5, 0.6) is 0 Å². The summed E-state index contributed by atoms with van der Waals surface area (Å²) in [6.45, 7) is 0. The van der Waals surface area contributed by atoms with Crippen molar-refractivity contribution in [1.29, 1.82) is 0 Å². The van der Waals surface area contributed by atoms with Crippen molar-refractivity contribution in [3.05, 3.63) is 35.1 Å². The van der Waals surface area contributed by atoms with Gasteiger partial charge >= 0.3 is 0 Å². The standard InChI is InChI=1S/C7H3F5/c8-3-1-2-4(9)6(10)5(3)7(11)12/h1-2,7H. The predicted octanol–water partition coefficient (Wildman–Crippen LogP) is 3.04. The number of halogens is 5. The van der Waals surface area contributed by atoms with Crippen molar-refractivity contribution >= 4 is 0 Å². The van der Waals surface area contributed by atoms with Crippen LogP contribution in [0.1, 0.15) is 12.0 Å². The third kappa shape index (κ3) is 1.39. The van der Waals surface area contributed by atoms with Gasteiger partial charge in [-0.1, -0.05) is 0 Å². The molecule has 0 heterocycles. The maximum Gasteiger partial charge on any atom is 0.269 e. The summed E-state index contributed by atoms with van der Waals surface area (Å²) < 4.78 is 60.7. The molecule has 0 nitrogen and oxygen atoms in total. The second-order valence-electron chi connectivity index (χ2n) is 2.06. The van der Waals surface area contributed by atoms with Crippen molar-refractivity contribution in [2.24, 2.45) is 0 Å². The van der Waals surface area contributed by atoms with E-state index in [1.54, 1.807) is 0 Å². The average Bonchev–Trinajstić information content (AvgIpc) is 1.97. The van der Waals surface area contributed by atoms with Gasteiger partial charge in [-0.3, -0.25) is 0 Å². The summed E-state index contributed by atoms with van der Waals surface area (Å²) in [5, 5.41) is 0. The van der Waals surface area contributed by atoms with Gasteiger partial charge in [-0.15, -0.1) is 0 Å². The van der Waals surface area contributed by atoms with Crippen LogP contribution in [0.4, 0.5) is 22.0 Å². The summed E-state index contributed by atoms with van der Waals surface area (Å²) in [7, 11) is 0. The number of hydrogen-bond acceptors (Lipinski definition) is 0. The van der Waals surface area contributed by atoms with E-state index in [4.69, 9.17) is 0 Å². The van der Waals surface area contributed by atoms with Crippen LogP contribution in [0.15, 0.2) is 12.1 Å². The van der Waals surface area contributed by atoms with E-state index in [1.807, 2.05) is 0 Å². The van der Waals surface area contributed by atoms with Gasteiger partial charge in [0.1, 0.15) is 5.82 Å². The van der Waals surface area contributed by atoms with Crippen LogP contribution >= 0.6 is 0 Å². The highest BCUT2D eigenvalue weighted by atomic mass is 19.3. The van der Waals surface area contributed by atoms with Crippen molar-refractivity contribution in [2.45, 2.75) is 6.43 Å². The molecule has 1 rings (SSSR count). The Morgan fingerprint density at radius 2 is 1.42 bits per heavy atom. The van der Waals surface area contributed by atoms with E-state index in [-0.39, 0.29) is 0 Å².